The number of nitrogens with one attached hydrogen (secondary N) is 2. The van der Waals surface area contributed by atoms with Gasteiger partial charge in [-0.2, -0.15) is 8.78 Å². The number of carbonyl (C=O) groups is 1. The molecule has 0 aliphatic carbocycles. The third kappa shape index (κ3) is 5.98. The van der Waals surface area contributed by atoms with Gasteiger partial charge in [-0.1, -0.05) is 12.1 Å². The van der Waals surface area contributed by atoms with E-state index in [-0.39, 0.29) is 19.2 Å². The molecule has 0 atom stereocenters. The van der Waals surface area contributed by atoms with Crippen LogP contribution < -0.4 is 10.6 Å². The van der Waals surface area contributed by atoms with Gasteiger partial charge in [-0.25, -0.2) is 4.79 Å². The second-order valence-electron chi connectivity index (χ2n) is 3.80. The summed E-state index contributed by atoms with van der Waals surface area (Å²) in [5, 5.41) is 5.22. The van der Waals surface area contributed by atoms with E-state index in [1.165, 1.54) is 0 Å². The average Bonchev–Trinajstić information content (AvgIpc) is 2.34. The molecular weight excluding hydrogens is 322 g/mol. The minimum absolute atomic E-state index is 0.0912. The quantitative estimate of drug-likeness (QED) is 0.781. The molecule has 2 amide bonds. The van der Waals surface area contributed by atoms with Crippen LogP contribution in [-0.4, -0.2) is 25.8 Å². The molecule has 0 saturated heterocycles. The number of ether oxygens (including phenoxy) is 1. The fourth-order valence-electron chi connectivity index (χ4n) is 1.36. The Labute approximate surface area is 118 Å². The van der Waals surface area contributed by atoms with E-state index < -0.39 is 6.61 Å². The Morgan fingerprint density at radius 3 is 2.89 bits per heavy atom. The molecule has 1 aromatic carbocycles. The van der Waals surface area contributed by atoms with Gasteiger partial charge in [0.25, 0.3) is 0 Å². The summed E-state index contributed by atoms with van der Waals surface area (Å²) in [6, 6.07) is 5.11. The molecular formula is C12H15BrF2N2O2. The van der Waals surface area contributed by atoms with Crippen LogP contribution in [0.1, 0.15) is 12.0 Å². The molecule has 0 heterocycles. The normalized spacial score (nSPS) is 10.6. The number of hydrogen-bond acceptors (Lipinski definition) is 2. The summed E-state index contributed by atoms with van der Waals surface area (Å²) in [4.78, 5) is 11.5. The summed E-state index contributed by atoms with van der Waals surface area (Å²) < 4.78 is 28.2. The predicted molar refractivity (Wildman–Crippen MR) is 72.5 cm³/mol. The Hall–Kier alpha value is -1.21. The first-order valence-electron chi connectivity index (χ1n) is 5.70. The second kappa shape index (κ2) is 8.06. The van der Waals surface area contributed by atoms with Crippen LogP contribution in [0, 0.1) is 6.92 Å². The first-order chi connectivity index (χ1) is 9.00. The summed E-state index contributed by atoms with van der Waals surface area (Å²) in [5.74, 6) is 0. The Morgan fingerprint density at radius 1 is 1.47 bits per heavy atom. The molecule has 0 spiro atoms. The van der Waals surface area contributed by atoms with Gasteiger partial charge in [-0.3, -0.25) is 0 Å². The highest BCUT2D eigenvalue weighted by molar-refractivity contribution is 9.10. The molecule has 0 aromatic heterocycles. The predicted octanol–water partition coefficient (Wildman–Crippen LogP) is 3.51. The number of urea groups is 1. The number of rotatable bonds is 6. The van der Waals surface area contributed by atoms with Crippen LogP contribution in [0.25, 0.3) is 0 Å². The monoisotopic (exact) mass is 336 g/mol. The molecule has 0 saturated carbocycles. The Bertz CT molecular complexity index is 430. The Balaban J connectivity index is 2.29. The highest BCUT2D eigenvalue weighted by Gasteiger charge is 2.06. The van der Waals surface area contributed by atoms with E-state index in [1.807, 2.05) is 19.1 Å². The molecule has 106 valence electrons. The lowest BCUT2D eigenvalue weighted by atomic mass is 10.2. The zero-order valence-electron chi connectivity index (χ0n) is 10.4. The van der Waals surface area contributed by atoms with E-state index >= 15 is 0 Å². The van der Waals surface area contributed by atoms with Crippen LogP contribution in [0.3, 0.4) is 0 Å². The van der Waals surface area contributed by atoms with Crippen molar-refractivity contribution < 1.29 is 18.3 Å². The van der Waals surface area contributed by atoms with Crippen molar-refractivity contribution in [2.24, 2.45) is 0 Å². The third-order valence-electron chi connectivity index (χ3n) is 2.29. The first-order valence-corrected chi connectivity index (χ1v) is 6.49. The van der Waals surface area contributed by atoms with Crippen molar-refractivity contribution in [3.63, 3.8) is 0 Å². The standard InChI is InChI=1S/C12H15BrF2N2O2/c1-8-4-2-5-9(10(8)13)17-12(18)16-6-3-7-19-11(14)15/h2,4-5,11H,3,6-7H2,1H3,(H2,16,17,18). The maximum Gasteiger partial charge on any atom is 0.345 e. The number of hydrogen-bond donors (Lipinski definition) is 2. The molecule has 0 bridgehead atoms. The second-order valence-corrected chi connectivity index (χ2v) is 4.60. The summed E-state index contributed by atoms with van der Waals surface area (Å²) in [7, 11) is 0. The lowest BCUT2D eigenvalue weighted by Gasteiger charge is -2.10. The Morgan fingerprint density at radius 2 is 2.21 bits per heavy atom. The van der Waals surface area contributed by atoms with Crippen molar-refractivity contribution in [3.8, 4) is 0 Å². The maximum atomic E-state index is 11.7. The zero-order chi connectivity index (χ0) is 14.3. The molecule has 0 radical (unpaired) electrons. The van der Waals surface area contributed by atoms with Gasteiger partial charge in [0.05, 0.1) is 12.3 Å². The van der Waals surface area contributed by atoms with Gasteiger partial charge in [0, 0.05) is 11.0 Å². The van der Waals surface area contributed by atoms with Crippen molar-refractivity contribution in [3.05, 3.63) is 28.2 Å². The molecule has 1 rings (SSSR count). The fourth-order valence-corrected chi connectivity index (χ4v) is 1.72. The smallest absolute Gasteiger partial charge is 0.338 e. The molecule has 0 aliphatic rings. The lowest BCUT2D eigenvalue weighted by molar-refractivity contribution is -0.128. The minimum Gasteiger partial charge on any atom is -0.338 e. The summed E-state index contributed by atoms with van der Waals surface area (Å²) in [5.41, 5.74) is 1.66. The highest BCUT2D eigenvalue weighted by Crippen LogP contribution is 2.25. The summed E-state index contributed by atoms with van der Waals surface area (Å²) >= 11 is 3.37. The van der Waals surface area contributed by atoms with Crippen LogP contribution in [0.2, 0.25) is 0 Å². The number of amides is 2. The molecule has 4 nitrogen and oxygen atoms in total. The van der Waals surface area contributed by atoms with Gasteiger partial charge in [-0.05, 0) is 40.9 Å². The zero-order valence-corrected chi connectivity index (χ0v) is 12.0. The highest BCUT2D eigenvalue weighted by atomic mass is 79.9. The number of carbonyl (C=O) groups excluding carboxylic acids is 1. The van der Waals surface area contributed by atoms with E-state index in [0.717, 1.165) is 10.0 Å². The van der Waals surface area contributed by atoms with Gasteiger partial charge >= 0.3 is 12.6 Å². The average molecular weight is 337 g/mol. The molecule has 7 heteroatoms. The van der Waals surface area contributed by atoms with Crippen LogP contribution >= 0.6 is 15.9 Å². The number of halogens is 3. The van der Waals surface area contributed by atoms with Gasteiger partial charge in [0.2, 0.25) is 0 Å². The molecule has 0 fully saturated rings. The van der Waals surface area contributed by atoms with Gasteiger partial charge in [0.1, 0.15) is 0 Å². The molecule has 0 unspecified atom stereocenters. The van der Waals surface area contributed by atoms with Crippen molar-refractivity contribution in [1.82, 2.24) is 5.32 Å². The van der Waals surface area contributed by atoms with Crippen LogP contribution in [-0.2, 0) is 4.74 Å². The van der Waals surface area contributed by atoms with Crippen LogP contribution in [0.15, 0.2) is 22.7 Å². The van der Waals surface area contributed by atoms with Crippen molar-refractivity contribution in [2.45, 2.75) is 20.0 Å². The van der Waals surface area contributed by atoms with Crippen molar-refractivity contribution in [1.29, 1.82) is 0 Å². The molecule has 19 heavy (non-hydrogen) atoms. The SMILES string of the molecule is Cc1cccc(NC(=O)NCCCOC(F)F)c1Br. The van der Waals surface area contributed by atoms with E-state index in [0.29, 0.717) is 12.1 Å². The molecule has 0 aliphatic heterocycles. The van der Waals surface area contributed by atoms with Crippen molar-refractivity contribution in [2.75, 3.05) is 18.5 Å². The van der Waals surface area contributed by atoms with E-state index in [1.54, 1.807) is 6.07 Å². The lowest BCUT2D eigenvalue weighted by Crippen LogP contribution is -2.30. The maximum absolute atomic E-state index is 11.7. The number of benzene rings is 1. The summed E-state index contributed by atoms with van der Waals surface area (Å²) in [6.07, 6.45) is 0.326. The van der Waals surface area contributed by atoms with E-state index in [9.17, 15) is 13.6 Å². The number of alkyl halides is 2. The van der Waals surface area contributed by atoms with Gasteiger partial charge in [-0.15, -0.1) is 0 Å². The fraction of sp³-hybridized carbons (Fsp3) is 0.417. The third-order valence-corrected chi connectivity index (χ3v) is 3.34. The van der Waals surface area contributed by atoms with E-state index in [4.69, 9.17) is 0 Å². The van der Waals surface area contributed by atoms with Gasteiger partial charge in [0.15, 0.2) is 0 Å². The minimum atomic E-state index is -2.77. The Kier molecular flexibility index (Phi) is 6.72. The number of anilines is 1. The topological polar surface area (TPSA) is 50.4 Å². The summed E-state index contributed by atoms with van der Waals surface area (Å²) in [6.45, 7) is -0.680. The van der Waals surface area contributed by atoms with Crippen molar-refractivity contribution >= 4 is 27.6 Å². The molecule has 1 aromatic rings. The van der Waals surface area contributed by atoms with Gasteiger partial charge < -0.3 is 15.4 Å². The number of aryl methyl sites for hydroxylation is 1. The molecule has 2 N–H and O–H groups in total. The van der Waals surface area contributed by atoms with Crippen LogP contribution in [0.4, 0.5) is 19.3 Å². The van der Waals surface area contributed by atoms with Crippen LogP contribution in [0.5, 0.6) is 0 Å². The first kappa shape index (κ1) is 15.8. The van der Waals surface area contributed by atoms with E-state index in [2.05, 4.69) is 31.3 Å². The largest absolute Gasteiger partial charge is 0.345 e.